The summed E-state index contributed by atoms with van der Waals surface area (Å²) in [7, 11) is 0. The molecule has 2 aromatic rings. The Morgan fingerprint density at radius 3 is 2.44 bits per heavy atom. The van der Waals surface area contributed by atoms with E-state index in [0.717, 1.165) is 12.0 Å². The summed E-state index contributed by atoms with van der Waals surface area (Å²) in [5, 5.41) is 5.87. The van der Waals surface area contributed by atoms with Crippen LogP contribution in [0.4, 0.5) is 5.69 Å². The van der Waals surface area contributed by atoms with Gasteiger partial charge in [0, 0.05) is 22.8 Å². The number of hydrogen-bond acceptors (Lipinski definition) is 4. The van der Waals surface area contributed by atoms with E-state index >= 15 is 0 Å². The number of para-hydroxylation sites is 1. The summed E-state index contributed by atoms with van der Waals surface area (Å²) in [5.74, 6) is -1.28. The highest BCUT2D eigenvalue weighted by Gasteiger charge is 2.11. The molecule has 7 heteroatoms. The Kier molecular flexibility index (Phi) is 7.82. The van der Waals surface area contributed by atoms with Gasteiger partial charge in [-0.1, -0.05) is 36.7 Å². The molecule has 142 valence electrons. The summed E-state index contributed by atoms with van der Waals surface area (Å²) < 4.78 is 4.93. The first-order valence-electron chi connectivity index (χ1n) is 8.56. The van der Waals surface area contributed by atoms with Crippen LogP contribution in [-0.4, -0.2) is 30.9 Å². The Morgan fingerprint density at radius 1 is 1.04 bits per heavy atom. The van der Waals surface area contributed by atoms with Crippen molar-refractivity contribution in [3.63, 3.8) is 0 Å². The topological polar surface area (TPSA) is 84.5 Å². The summed E-state index contributed by atoms with van der Waals surface area (Å²) >= 11 is 5.76. The second kappa shape index (κ2) is 10.3. The minimum atomic E-state index is -0.565. The third kappa shape index (κ3) is 6.75. The van der Waals surface area contributed by atoms with Crippen molar-refractivity contribution < 1.29 is 19.1 Å². The van der Waals surface area contributed by atoms with Gasteiger partial charge in [0.25, 0.3) is 11.8 Å². The summed E-state index contributed by atoms with van der Waals surface area (Å²) in [6, 6.07) is 13.8. The standard InChI is InChI=1S/C20H21ClN2O4/c1-2-14-5-3-4-6-17(14)23-18(24)13-27-19(25)11-12-22-20(26)15-7-9-16(21)10-8-15/h3-10H,2,11-13H2,1H3,(H,22,26)(H,23,24). The predicted octanol–water partition coefficient (Wildman–Crippen LogP) is 3.20. The van der Waals surface area contributed by atoms with Gasteiger partial charge in [0.05, 0.1) is 6.42 Å². The lowest BCUT2D eigenvalue weighted by atomic mass is 10.1. The molecule has 0 radical (unpaired) electrons. The van der Waals surface area contributed by atoms with Crippen molar-refractivity contribution in [1.29, 1.82) is 0 Å². The van der Waals surface area contributed by atoms with Gasteiger partial charge in [0.15, 0.2) is 6.61 Å². The summed E-state index contributed by atoms with van der Waals surface area (Å²) in [6.07, 6.45) is 0.752. The molecule has 0 aliphatic rings. The van der Waals surface area contributed by atoms with E-state index in [0.29, 0.717) is 16.3 Å². The number of rotatable bonds is 8. The number of amides is 2. The molecule has 0 aliphatic carbocycles. The largest absolute Gasteiger partial charge is 0.456 e. The van der Waals surface area contributed by atoms with E-state index in [1.807, 2.05) is 25.1 Å². The van der Waals surface area contributed by atoms with Gasteiger partial charge in [0.1, 0.15) is 0 Å². The average Bonchev–Trinajstić information content (AvgIpc) is 2.67. The first-order valence-corrected chi connectivity index (χ1v) is 8.94. The number of benzene rings is 2. The molecule has 0 fully saturated rings. The first kappa shape index (κ1) is 20.5. The number of anilines is 1. The van der Waals surface area contributed by atoms with Gasteiger partial charge >= 0.3 is 5.97 Å². The van der Waals surface area contributed by atoms with Gasteiger partial charge in [-0.05, 0) is 42.3 Å². The van der Waals surface area contributed by atoms with Crippen LogP contribution in [0.15, 0.2) is 48.5 Å². The highest BCUT2D eigenvalue weighted by atomic mass is 35.5. The quantitative estimate of drug-likeness (QED) is 0.680. The fourth-order valence-corrected chi connectivity index (χ4v) is 2.46. The Bertz CT molecular complexity index is 806. The number of carbonyl (C=O) groups excluding carboxylic acids is 3. The van der Waals surface area contributed by atoms with E-state index in [2.05, 4.69) is 10.6 Å². The molecular formula is C20H21ClN2O4. The zero-order chi connectivity index (χ0) is 19.6. The Labute approximate surface area is 162 Å². The molecule has 0 bridgehead atoms. The summed E-state index contributed by atoms with van der Waals surface area (Å²) in [5.41, 5.74) is 2.15. The fraction of sp³-hybridized carbons (Fsp3) is 0.250. The lowest BCUT2D eigenvalue weighted by Gasteiger charge is -2.10. The van der Waals surface area contributed by atoms with Crippen molar-refractivity contribution >= 4 is 35.1 Å². The molecule has 0 aliphatic heterocycles. The summed E-state index contributed by atoms with van der Waals surface area (Å²) in [6.45, 7) is 1.73. The van der Waals surface area contributed by atoms with Gasteiger partial charge < -0.3 is 15.4 Å². The molecule has 0 heterocycles. The molecule has 6 nitrogen and oxygen atoms in total. The van der Waals surface area contributed by atoms with Crippen LogP contribution in [0.25, 0.3) is 0 Å². The van der Waals surface area contributed by atoms with E-state index in [-0.39, 0.29) is 25.5 Å². The van der Waals surface area contributed by atoms with Crippen LogP contribution in [-0.2, 0) is 20.7 Å². The lowest BCUT2D eigenvalue weighted by Crippen LogP contribution is -2.27. The maximum absolute atomic E-state index is 11.9. The molecule has 2 N–H and O–H groups in total. The fourth-order valence-electron chi connectivity index (χ4n) is 2.34. The molecular weight excluding hydrogens is 368 g/mol. The number of hydrogen-bond donors (Lipinski definition) is 2. The van der Waals surface area contributed by atoms with E-state index in [4.69, 9.17) is 16.3 Å². The first-order chi connectivity index (χ1) is 13.0. The van der Waals surface area contributed by atoms with Gasteiger partial charge in [0.2, 0.25) is 0 Å². The van der Waals surface area contributed by atoms with Gasteiger partial charge in [-0.25, -0.2) is 0 Å². The van der Waals surface area contributed by atoms with Crippen LogP contribution in [0.5, 0.6) is 0 Å². The maximum Gasteiger partial charge on any atom is 0.308 e. The number of carbonyl (C=O) groups is 3. The number of ether oxygens (including phenoxy) is 1. The molecule has 0 saturated carbocycles. The normalized spacial score (nSPS) is 10.1. The minimum absolute atomic E-state index is 0.0296. The van der Waals surface area contributed by atoms with E-state index in [1.165, 1.54) is 0 Å². The van der Waals surface area contributed by atoms with Crippen LogP contribution in [0.1, 0.15) is 29.3 Å². The Hall–Kier alpha value is -2.86. The highest BCUT2D eigenvalue weighted by molar-refractivity contribution is 6.30. The van der Waals surface area contributed by atoms with Crippen molar-refractivity contribution in [2.24, 2.45) is 0 Å². The van der Waals surface area contributed by atoms with E-state index in [9.17, 15) is 14.4 Å². The van der Waals surface area contributed by atoms with Crippen LogP contribution in [0.3, 0.4) is 0 Å². The van der Waals surface area contributed by atoms with Gasteiger partial charge in [-0.3, -0.25) is 14.4 Å². The zero-order valence-corrected chi connectivity index (χ0v) is 15.7. The highest BCUT2D eigenvalue weighted by Crippen LogP contribution is 2.15. The third-order valence-corrected chi connectivity index (χ3v) is 4.01. The molecule has 27 heavy (non-hydrogen) atoms. The predicted molar refractivity (Wildman–Crippen MR) is 104 cm³/mol. The maximum atomic E-state index is 11.9. The second-order valence-corrected chi connectivity index (χ2v) is 6.17. The molecule has 2 rings (SSSR count). The SMILES string of the molecule is CCc1ccccc1NC(=O)COC(=O)CCNC(=O)c1ccc(Cl)cc1. The smallest absolute Gasteiger partial charge is 0.308 e. The Balaban J connectivity index is 1.69. The van der Waals surface area contributed by atoms with Crippen molar-refractivity contribution in [3.8, 4) is 0 Å². The summed E-state index contributed by atoms with van der Waals surface area (Å²) in [4.78, 5) is 35.5. The minimum Gasteiger partial charge on any atom is -0.456 e. The van der Waals surface area contributed by atoms with Crippen LogP contribution in [0.2, 0.25) is 5.02 Å². The van der Waals surface area contributed by atoms with Crippen molar-refractivity contribution in [2.75, 3.05) is 18.5 Å². The number of nitrogens with one attached hydrogen (secondary N) is 2. The van der Waals surface area contributed by atoms with Crippen LogP contribution in [0, 0.1) is 0 Å². The monoisotopic (exact) mass is 388 g/mol. The third-order valence-electron chi connectivity index (χ3n) is 3.76. The average molecular weight is 389 g/mol. The lowest BCUT2D eigenvalue weighted by molar-refractivity contribution is -0.147. The van der Waals surface area contributed by atoms with Crippen molar-refractivity contribution in [3.05, 3.63) is 64.7 Å². The Morgan fingerprint density at radius 2 is 1.74 bits per heavy atom. The van der Waals surface area contributed by atoms with Crippen molar-refractivity contribution in [2.45, 2.75) is 19.8 Å². The number of esters is 1. The van der Waals surface area contributed by atoms with Crippen LogP contribution < -0.4 is 10.6 Å². The zero-order valence-electron chi connectivity index (χ0n) is 15.0. The van der Waals surface area contributed by atoms with Crippen LogP contribution >= 0.6 is 11.6 Å². The molecule has 2 aromatic carbocycles. The molecule has 0 aromatic heterocycles. The number of aryl methyl sites for hydroxylation is 1. The molecule has 2 amide bonds. The van der Waals surface area contributed by atoms with E-state index in [1.54, 1.807) is 30.3 Å². The molecule has 0 spiro atoms. The molecule has 0 atom stereocenters. The molecule has 0 saturated heterocycles. The van der Waals surface area contributed by atoms with Crippen molar-refractivity contribution in [1.82, 2.24) is 5.32 Å². The second-order valence-electron chi connectivity index (χ2n) is 5.73. The van der Waals surface area contributed by atoms with Gasteiger partial charge in [-0.2, -0.15) is 0 Å². The number of halogens is 1. The van der Waals surface area contributed by atoms with E-state index < -0.39 is 11.9 Å². The molecule has 0 unspecified atom stereocenters. The van der Waals surface area contributed by atoms with Gasteiger partial charge in [-0.15, -0.1) is 0 Å².